The van der Waals surface area contributed by atoms with Crippen LogP contribution in [0.25, 0.3) is 0 Å². The predicted molar refractivity (Wildman–Crippen MR) is 43.5 cm³/mol. The highest BCUT2D eigenvalue weighted by Crippen LogP contribution is 2.13. The van der Waals surface area contributed by atoms with E-state index in [0.29, 0.717) is 0 Å². The summed E-state index contributed by atoms with van der Waals surface area (Å²) in [6, 6.07) is 2.81. The van der Waals surface area contributed by atoms with Crippen molar-refractivity contribution in [2.45, 2.75) is 19.6 Å². The Morgan fingerprint density at radius 3 is 2.54 bits per heavy atom. The van der Waals surface area contributed by atoms with Crippen molar-refractivity contribution in [2.24, 2.45) is 5.73 Å². The molecule has 13 heavy (non-hydrogen) atoms. The van der Waals surface area contributed by atoms with Gasteiger partial charge < -0.3 is 10.5 Å². The molecule has 1 atom stereocenters. The molecule has 0 radical (unpaired) electrons. The van der Waals surface area contributed by atoms with Crippen LogP contribution in [-0.4, -0.2) is 11.6 Å². The van der Waals surface area contributed by atoms with Gasteiger partial charge in [0.05, 0.1) is 0 Å². The first kappa shape index (κ1) is 9.85. The van der Waals surface area contributed by atoms with Crippen molar-refractivity contribution >= 4 is 0 Å². The predicted octanol–water partition coefficient (Wildman–Crippen LogP) is 1.70. The average Bonchev–Trinajstić information content (AvgIpc) is 2.04. The zero-order chi connectivity index (χ0) is 9.84. The minimum Gasteiger partial charge on any atom is -0.417 e. The van der Waals surface area contributed by atoms with Crippen molar-refractivity contribution < 1.29 is 13.5 Å². The van der Waals surface area contributed by atoms with E-state index in [1.54, 1.807) is 13.0 Å². The number of ether oxygens (including phenoxy) is 1. The smallest absolute Gasteiger partial charge is 0.388 e. The molecule has 0 aliphatic carbocycles. The number of rotatable bonds is 3. The second-order valence-electron chi connectivity index (χ2n) is 2.60. The lowest BCUT2D eigenvalue weighted by molar-refractivity contribution is -0.0528. The Balaban J connectivity index is 2.70. The second-order valence-corrected chi connectivity index (χ2v) is 2.60. The van der Waals surface area contributed by atoms with Crippen LogP contribution < -0.4 is 10.5 Å². The van der Waals surface area contributed by atoms with Crippen molar-refractivity contribution in [1.29, 1.82) is 0 Å². The van der Waals surface area contributed by atoms with E-state index in [0.717, 1.165) is 5.56 Å². The molecular weight excluding hydrogens is 178 g/mol. The molecule has 1 heterocycles. The molecule has 0 bridgehead atoms. The molecule has 5 heteroatoms. The lowest BCUT2D eigenvalue weighted by Crippen LogP contribution is -2.07. The first-order chi connectivity index (χ1) is 6.09. The summed E-state index contributed by atoms with van der Waals surface area (Å²) in [6.07, 6.45) is 1.42. The van der Waals surface area contributed by atoms with E-state index in [4.69, 9.17) is 5.73 Å². The summed E-state index contributed by atoms with van der Waals surface area (Å²) in [5.41, 5.74) is 6.32. The summed E-state index contributed by atoms with van der Waals surface area (Å²) in [5.74, 6) is -0.0978. The van der Waals surface area contributed by atoms with Gasteiger partial charge in [0.15, 0.2) is 0 Å². The molecule has 0 saturated heterocycles. The number of pyridine rings is 1. The number of nitrogens with zero attached hydrogens (tertiary/aromatic N) is 1. The third-order valence-corrected chi connectivity index (χ3v) is 1.49. The lowest BCUT2D eigenvalue weighted by atomic mass is 10.2. The third-order valence-electron chi connectivity index (χ3n) is 1.49. The summed E-state index contributed by atoms with van der Waals surface area (Å²) in [6.45, 7) is -1.06. The molecule has 3 nitrogen and oxygen atoms in total. The molecule has 1 unspecified atom stereocenters. The highest BCUT2D eigenvalue weighted by Gasteiger charge is 2.05. The fraction of sp³-hybridized carbons (Fsp3) is 0.375. The quantitative estimate of drug-likeness (QED) is 0.785. The van der Waals surface area contributed by atoms with Crippen LogP contribution in [0.15, 0.2) is 18.3 Å². The third kappa shape index (κ3) is 2.95. The van der Waals surface area contributed by atoms with Gasteiger partial charge in [-0.2, -0.15) is 8.78 Å². The molecular formula is C8H10F2N2O. The molecule has 1 aromatic rings. The van der Waals surface area contributed by atoms with E-state index >= 15 is 0 Å². The maximum absolute atomic E-state index is 11.7. The molecule has 72 valence electrons. The molecule has 1 aromatic heterocycles. The van der Waals surface area contributed by atoms with Gasteiger partial charge >= 0.3 is 6.61 Å². The summed E-state index contributed by atoms with van der Waals surface area (Å²) in [4.78, 5) is 3.66. The van der Waals surface area contributed by atoms with E-state index in [1.165, 1.54) is 12.3 Å². The van der Waals surface area contributed by atoms with Gasteiger partial charge in [-0.05, 0) is 12.5 Å². The van der Waals surface area contributed by atoms with Crippen LogP contribution in [0.1, 0.15) is 18.5 Å². The Labute approximate surface area is 74.5 Å². The summed E-state index contributed by atoms with van der Waals surface area (Å²) in [5, 5.41) is 0. The van der Waals surface area contributed by atoms with Crippen molar-refractivity contribution in [2.75, 3.05) is 0 Å². The number of halogens is 2. The Hall–Kier alpha value is -1.23. The zero-order valence-electron chi connectivity index (χ0n) is 7.08. The van der Waals surface area contributed by atoms with Gasteiger partial charge in [-0.15, -0.1) is 0 Å². The number of alkyl halides is 2. The zero-order valence-corrected chi connectivity index (χ0v) is 7.08. The van der Waals surface area contributed by atoms with Crippen LogP contribution in [0, 0.1) is 0 Å². The van der Waals surface area contributed by atoms with Crippen LogP contribution in [0.2, 0.25) is 0 Å². The second kappa shape index (κ2) is 4.13. The maximum Gasteiger partial charge on any atom is 0.388 e. The van der Waals surface area contributed by atoms with Crippen LogP contribution >= 0.6 is 0 Å². The van der Waals surface area contributed by atoms with Crippen LogP contribution in [-0.2, 0) is 0 Å². The van der Waals surface area contributed by atoms with Crippen molar-refractivity contribution in [3.05, 3.63) is 23.9 Å². The molecule has 0 aliphatic rings. The minimum absolute atomic E-state index is 0.0978. The van der Waals surface area contributed by atoms with E-state index in [9.17, 15) is 8.78 Å². The van der Waals surface area contributed by atoms with Gasteiger partial charge in [-0.25, -0.2) is 4.98 Å². The largest absolute Gasteiger partial charge is 0.417 e. The van der Waals surface area contributed by atoms with E-state index in [2.05, 4.69) is 9.72 Å². The van der Waals surface area contributed by atoms with Crippen molar-refractivity contribution in [1.82, 2.24) is 4.98 Å². The Morgan fingerprint density at radius 1 is 1.46 bits per heavy atom. The first-order valence-electron chi connectivity index (χ1n) is 3.76. The molecule has 2 N–H and O–H groups in total. The molecule has 0 fully saturated rings. The maximum atomic E-state index is 11.7. The standard InChI is InChI=1S/C8H10F2N2O/c1-5(11)6-2-3-7(12-4-6)13-8(9)10/h2-5,8H,11H2,1H3. The topological polar surface area (TPSA) is 48.1 Å². The number of aromatic nitrogens is 1. The minimum atomic E-state index is -2.84. The van der Waals surface area contributed by atoms with Gasteiger partial charge in [0, 0.05) is 18.3 Å². The lowest BCUT2D eigenvalue weighted by Gasteiger charge is -2.06. The van der Waals surface area contributed by atoms with Gasteiger partial charge in [-0.3, -0.25) is 0 Å². The Morgan fingerprint density at radius 2 is 2.15 bits per heavy atom. The molecule has 0 saturated carbocycles. The fourth-order valence-corrected chi connectivity index (χ4v) is 0.822. The van der Waals surface area contributed by atoms with Gasteiger partial charge in [0.1, 0.15) is 0 Å². The van der Waals surface area contributed by atoms with Crippen LogP contribution in [0.3, 0.4) is 0 Å². The Kier molecular flexibility index (Phi) is 3.13. The summed E-state index contributed by atoms with van der Waals surface area (Å²) in [7, 11) is 0. The first-order valence-corrected chi connectivity index (χ1v) is 3.76. The van der Waals surface area contributed by atoms with Crippen LogP contribution in [0.4, 0.5) is 8.78 Å². The van der Waals surface area contributed by atoms with Crippen LogP contribution in [0.5, 0.6) is 5.88 Å². The molecule has 1 rings (SSSR count). The van der Waals surface area contributed by atoms with Gasteiger partial charge in [-0.1, -0.05) is 6.07 Å². The van der Waals surface area contributed by atoms with Crippen molar-refractivity contribution in [3.63, 3.8) is 0 Å². The van der Waals surface area contributed by atoms with Gasteiger partial charge in [0.2, 0.25) is 5.88 Å². The highest BCUT2D eigenvalue weighted by molar-refractivity contribution is 5.19. The molecule has 0 aromatic carbocycles. The average molecular weight is 188 g/mol. The molecule has 0 amide bonds. The highest BCUT2D eigenvalue weighted by atomic mass is 19.3. The Bertz CT molecular complexity index is 261. The van der Waals surface area contributed by atoms with E-state index < -0.39 is 6.61 Å². The SMILES string of the molecule is CC(N)c1ccc(OC(F)F)nc1. The number of hydrogen-bond donors (Lipinski definition) is 1. The normalized spacial score (nSPS) is 13.0. The summed E-state index contributed by atoms with van der Waals surface area (Å²) >= 11 is 0. The van der Waals surface area contributed by atoms with E-state index in [-0.39, 0.29) is 11.9 Å². The van der Waals surface area contributed by atoms with Crippen molar-refractivity contribution in [3.8, 4) is 5.88 Å². The number of hydrogen-bond acceptors (Lipinski definition) is 3. The number of nitrogens with two attached hydrogens (primary N) is 1. The monoisotopic (exact) mass is 188 g/mol. The summed E-state index contributed by atoms with van der Waals surface area (Å²) < 4.78 is 27.4. The molecule has 0 aliphatic heterocycles. The molecule has 0 spiro atoms. The van der Waals surface area contributed by atoms with E-state index in [1.807, 2.05) is 0 Å². The fourth-order valence-electron chi connectivity index (χ4n) is 0.822. The van der Waals surface area contributed by atoms with Gasteiger partial charge in [0.25, 0.3) is 0 Å².